The lowest BCUT2D eigenvalue weighted by molar-refractivity contribution is -0.122. The molecule has 2 heterocycles. The Morgan fingerprint density at radius 2 is 2.12 bits per heavy atom. The molecule has 1 aromatic heterocycles. The fourth-order valence-electron chi connectivity index (χ4n) is 2.57. The zero-order chi connectivity index (χ0) is 18.0. The molecule has 0 radical (unpaired) electrons. The van der Waals surface area contributed by atoms with Crippen molar-refractivity contribution in [2.75, 3.05) is 13.9 Å². The Hall–Kier alpha value is -2.81. The fraction of sp³-hybridized carbons (Fsp3) is 0.438. The molecule has 0 unspecified atom stereocenters. The second kappa shape index (κ2) is 6.98. The van der Waals surface area contributed by atoms with E-state index in [0.29, 0.717) is 23.0 Å². The van der Waals surface area contributed by atoms with E-state index in [2.05, 4.69) is 10.4 Å². The van der Waals surface area contributed by atoms with Gasteiger partial charge in [0.25, 0.3) is 0 Å². The predicted molar refractivity (Wildman–Crippen MR) is 87.9 cm³/mol. The molecule has 25 heavy (non-hydrogen) atoms. The number of hydrogen-bond acceptors (Lipinski definition) is 6. The highest BCUT2D eigenvalue weighted by Crippen LogP contribution is 2.33. The SMILES string of the molecule is COCc1nn(CC(=O)NC(C)C)c(=O)n1-c1ccc2c(c1)OCO2. The topological polar surface area (TPSA) is 96.6 Å². The minimum Gasteiger partial charge on any atom is -0.454 e. The number of nitrogens with zero attached hydrogens (tertiary/aromatic N) is 3. The van der Waals surface area contributed by atoms with E-state index in [-0.39, 0.29) is 31.9 Å². The van der Waals surface area contributed by atoms with Crippen molar-refractivity contribution in [3.63, 3.8) is 0 Å². The molecule has 0 aliphatic carbocycles. The van der Waals surface area contributed by atoms with E-state index in [4.69, 9.17) is 14.2 Å². The number of fused-ring (bicyclic) bond motifs is 1. The van der Waals surface area contributed by atoms with Gasteiger partial charge in [-0.1, -0.05) is 0 Å². The minimum absolute atomic E-state index is 0.0161. The fourth-order valence-corrected chi connectivity index (χ4v) is 2.57. The molecule has 1 aliphatic rings. The highest BCUT2D eigenvalue weighted by molar-refractivity contribution is 5.75. The van der Waals surface area contributed by atoms with Crippen LogP contribution in [0.15, 0.2) is 23.0 Å². The first-order valence-electron chi connectivity index (χ1n) is 7.86. The summed E-state index contributed by atoms with van der Waals surface area (Å²) in [6.07, 6.45) is 0. The van der Waals surface area contributed by atoms with Gasteiger partial charge in [0.15, 0.2) is 17.3 Å². The molecule has 0 saturated carbocycles. The molecular weight excluding hydrogens is 328 g/mol. The van der Waals surface area contributed by atoms with Gasteiger partial charge in [-0.15, -0.1) is 0 Å². The number of hydrogen-bond donors (Lipinski definition) is 1. The first kappa shape index (κ1) is 17.0. The van der Waals surface area contributed by atoms with Gasteiger partial charge >= 0.3 is 5.69 Å². The van der Waals surface area contributed by atoms with Gasteiger partial charge in [0.1, 0.15) is 13.2 Å². The average Bonchev–Trinajstić information content (AvgIpc) is 3.11. The Morgan fingerprint density at radius 3 is 2.84 bits per heavy atom. The van der Waals surface area contributed by atoms with E-state index in [1.165, 1.54) is 11.7 Å². The molecular formula is C16H20N4O5. The number of methoxy groups -OCH3 is 1. The van der Waals surface area contributed by atoms with Crippen LogP contribution in [-0.2, 0) is 22.7 Å². The van der Waals surface area contributed by atoms with Crippen molar-refractivity contribution in [1.82, 2.24) is 19.7 Å². The minimum atomic E-state index is -0.426. The van der Waals surface area contributed by atoms with Crippen LogP contribution in [0, 0.1) is 0 Å². The standard InChI is InChI=1S/C16H20N4O5/c1-10(2)17-15(21)7-19-16(22)20(14(18-19)8-23-3)11-4-5-12-13(6-11)25-9-24-12/h4-6,10H,7-9H2,1-3H3,(H,17,21). The molecule has 3 rings (SSSR count). The van der Waals surface area contributed by atoms with Gasteiger partial charge in [-0.2, -0.15) is 5.10 Å². The van der Waals surface area contributed by atoms with Gasteiger partial charge in [-0.3, -0.25) is 4.79 Å². The van der Waals surface area contributed by atoms with Gasteiger partial charge in [-0.25, -0.2) is 14.0 Å². The predicted octanol–water partition coefficient (Wildman–Crippen LogP) is 0.434. The molecule has 9 heteroatoms. The Kier molecular flexibility index (Phi) is 4.75. The number of aromatic nitrogens is 3. The Labute approximate surface area is 144 Å². The van der Waals surface area contributed by atoms with Crippen LogP contribution in [0.2, 0.25) is 0 Å². The second-order valence-electron chi connectivity index (χ2n) is 5.88. The molecule has 2 aromatic rings. The number of benzene rings is 1. The normalized spacial score (nSPS) is 12.6. The Morgan fingerprint density at radius 1 is 1.36 bits per heavy atom. The van der Waals surface area contributed by atoms with E-state index < -0.39 is 5.69 Å². The maximum absolute atomic E-state index is 12.7. The van der Waals surface area contributed by atoms with Crippen molar-refractivity contribution in [2.24, 2.45) is 0 Å². The lowest BCUT2D eigenvalue weighted by atomic mass is 10.2. The van der Waals surface area contributed by atoms with Crippen molar-refractivity contribution in [3.05, 3.63) is 34.5 Å². The van der Waals surface area contributed by atoms with Gasteiger partial charge in [0.05, 0.1) is 5.69 Å². The van der Waals surface area contributed by atoms with E-state index in [1.807, 2.05) is 13.8 Å². The second-order valence-corrected chi connectivity index (χ2v) is 5.88. The molecule has 1 amide bonds. The quantitative estimate of drug-likeness (QED) is 0.813. The lowest BCUT2D eigenvalue weighted by Gasteiger charge is -2.07. The van der Waals surface area contributed by atoms with Crippen molar-refractivity contribution in [2.45, 2.75) is 33.0 Å². The zero-order valence-corrected chi connectivity index (χ0v) is 14.3. The summed E-state index contributed by atoms with van der Waals surface area (Å²) >= 11 is 0. The number of amides is 1. The smallest absolute Gasteiger partial charge is 0.351 e. The summed E-state index contributed by atoms with van der Waals surface area (Å²) in [6.45, 7) is 3.81. The van der Waals surface area contributed by atoms with E-state index in [1.54, 1.807) is 18.2 Å². The summed E-state index contributed by atoms with van der Waals surface area (Å²) in [4.78, 5) is 24.7. The molecule has 0 spiro atoms. The average molecular weight is 348 g/mol. The molecule has 0 atom stereocenters. The van der Waals surface area contributed by atoms with Crippen LogP contribution in [-0.4, -0.2) is 40.2 Å². The Bertz CT molecular complexity index is 840. The van der Waals surface area contributed by atoms with Crippen LogP contribution in [0.5, 0.6) is 11.5 Å². The van der Waals surface area contributed by atoms with Crippen LogP contribution < -0.4 is 20.5 Å². The summed E-state index contributed by atoms with van der Waals surface area (Å²) in [5.41, 5.74) is 0.140. The number of carbonyl (C=O) groups excluding carboxylic acids is 1. The van der Waals surface area contributed by atoms with Gasteiger partial charge in [0.2, 0.25) is 12.7 Å². The van der Waals surface area contributed by atoms with Crippen molar-refractivity contribution >= 4 is 5.91 Å². The Balaban J connectivity index is 1.98. The molecule has 0 fully saturated rings. The van der Waals surface area contributed by atoms with E-state index in [0.717, 1.165) is 4.68 Å². The number of carbonyl (C=O) groups is 1. The third kappa shape index (κ3) is 3.50. The number of ether oxygens (including phenoxy) is 3. The largest absolute Gasteiger partial charge is 0.454 e. The summed E-state index contributed by atoms with van der Waals surface area (Å²) in [5.74, 6) is 1.28. The first-order chi connectivity index (χ1) is 12.0. The van der Waals surface area contributed by atoms with Gasteiger partial charge in [-0.05, 0) is 26.0 Å². The molecule has 9 nitrogen and oxygen atoms in total. The third-order valence-electron chi connectivity index (χ3n) is 3.54. The highest BCUT2D eigenvalue weighted by Gasteiger charge is 2.20. The van der Waals surface area contributed by atoms with Gasteiger partial charge in [0, 0.05) is 19.2 Å². The highest BCUT2D eigenvalue weighted by atomic mass is 16.7. The van der Waals surface area contributed by atoms with E-state index in [9.17, 15) is 9.59 Å². The summed E-state index contributed by atoms with van der Waals surface area (Å²) < 4.78 is 18.3. The zero-order valence-electron chi connectivity index (χ0n) is 14.3. The van der Waals surface area contributed by atoms with Crippen LogP contribution in [0.1, 0.15) is 19.7 Å². The molecule has 0 saturated heterocycles. The molecule has 134 valence electrons. The number of rotatable bonds is 6. The maximum Gasteiger partial charge on any atom is 0.351 e. The van der Waals surface area contributed by atoms with Crippen molar-refractivity contribution in [1.29, 1.82) is 0 Å². The van der Waals surface area contributed by atoms with Crippen LogP contribution in [0.25, 0.3) is 5.69 Å². The third-order valence-corrected chi connectivity index (χ3v) is 3.54. The van der Waals surface area contributed by atoms with Crippen LogP contribution >= 0.6 is 0 Å². The molecule has 1 N–H and O–H groups in total. The molecule has 1 aliphatic heterocycles. The first-order valence-corrected chi connectivity index (χ1v) is 7.86. The van der Waals surface area contributed by atoms with Crippen molar-refractivity contribution < 1.29 is 19.0 Å². The lowest BCUT2D eigenvalue weighted by Crippen LogP contribution is -2.36. The number of nitrogens with one attached hydrogen (secondary N) is 1. The van der Waals surface area contributed by atoms with Crippen molar-refractivity contribution in [3.8, 4) is 17.2 Å². The van der Waals surface area contributed by atoms with Crippen LogP contribution in [0.4, 0.5) is 0 Å². The summed E-state index contributed by atoms with van der Waals surface area (Å²) in [7, 11) is 1.51. The molecule has 1 aromatic carbocycles. The van der Waals surface area contributed by atoms with E-state index >= 15 is 0 Å². The summed E-state index contributed by atoms with van der Waals surface area (Å²) in [6, 6.07) is 5.14. The molecule has 0 bridgehead atoms. The van der Waals surface area contributed by atoms with Crippen LogP contribution in [0.3, 0.4) is 0 Å². The maximum atomic E-state index is 12.7. The summed E-state index contributed by atoms with van der Waals surface area (Å²) in [5, 5.41) is 6.96. The van der Waals surface area contributed by atoms with Gasteiger partial charge < -0.3 is 19.5 Å². The monoisotopic (exact) mass is 348 g/mol.